The second-order valence-corrected chi connectivity index (χ2v) is 4.06. The lowest BCUT2D eigenvalue weighted by atomic mass is 10.3. The molecule has 0 bridgehead atoms. The van der Waals surface area contributed by atoms with Crippen LogP contribution in [0, 0.1) is 0 Å². The van der Waals surface area contributed by atoms with E-state index in [1.54, 1.807) is 0 Å². The van der Waals surface area contributed by atoms with E-state index < -0.39 is 12.3 Å². The average molecular weight is 328 g/mol. The molecule has 0 atom stereocenters. The Bertz CT molecular complexity index is 437. The summed E-state index contributed by atoms with van der Waals surface area (Å²) in [5, 5.41) is 0. The highest BCUT2D eigenvalue weighted by atomic mass is 79.9. The van der Waals surface area contributed by atoms with E-state index in [0.29, 0.717) is 5.75 Å². The first-order chi connectivity index (χ1) is 8.28. The minimum absolute atomic E-state index is 0.0262. The van der Waals surface area contributed by atoms with Crippen molar-refractivity contribution < 1.29 is 27.4 Å². The summed E-state index contributed by atoms with van der Waals surface area (Å²) in [5.41, 5.74) is 4.91. The van der Waals surface area contributed by atoms with E-state index >= 15 is 0 Å². The number of primary amides is 1. The number of amides is 1. The minimum atomic E-state index is -4.75. The predicted octanol–water partition coefficient (Wildman–Crippen LogP) is 2.60. The average Bonchev–Trinajstić information content (AvgIpc) is 2.19. The van der Waals surface area contributed by atoms with Gasteiger partial charge in [-0.2, -0.15) is 0 Å². The van der Waals surface area contributed by atoms with E-state index in [-0.39, 0.29) is 23.2 Å². The van der Waals surface area contributed by atoms with Gasteiger partial charge in [0, 0.05) is 0 Å². The molecule has 4 nitrogen and oxygen atoms in total. The summed E-state index contributed by atoms with van der Waals surface area (Å²) in [6.07, 6.45) is -4.73. The third-order valence-electron chi connectivity index (χ3n) is 1.75. The van der Waals surface area contributed by atoms with Gasteiger partial charge in [-0.25, -0.2) is 0 Å². The van der Waals surface area contributed by atoms with E-state index in [2.05, 4.69) is 20.7 Å². The fourth-order valence-corrected chi connectivity index (χ4v) is 1.49. The second kappa shape index (κ2) is 5.94. The molecule has 0 radical (unpaired) electrons. The Balaban J connectivity index is 2.64. The van der Waals surface area contributed by atoms with Crippen molar-refractivity contribution in [3.8, 4) is 11.5 Å². The number of carbonyl (C=O) groups excluding carboxylic acids is 1. The van der Waals surface area contributed by atoms with Crippen LogP contribution in [0.4, 0.5) is 13.2 Å². The molecule has 1 aromatic carbocycles. The molecule has 0 saturated heterocycles. The Morgan fingerprint density at radius 2 is 2.06 bits per heavy atom. The number of hydrogen-bond donors (Lipinski definition) is 1. The largest absolute Gasteiger partial charge is 0.573 e. The Kier molecular flexibility index (Phi) is 4.83. The van der Waals surface area contributed by atoms with Crippen LogP contribution in [-0.4, -0.2) is 18.9 Å². The maximum Gasteiger partial charge on any atom is 0.573 e. The highest BCUT2D eigenvalue weighted by Gasteiger charge is 2.31. The van der Waals surface area contributed by atoms with Crippen molar-refractivity contribution in [2.24, 2.45) is 5.73 Å². The minimum Gasteiger partial charge on any atom is -0.493 e. The smallest absolute Gasteiger partial charge is 0.493 e. The molecule has 0 fully saturated rings. The van der Waals surface area contributed by atoms with Gasteiger partial charge in [0.25, 0.3) is 0 Å². The zero-order chi connectivity index (χ0) is 13.8. The standard InChI is InChI=1S/C10H9BrF3NO3/c11-7-5-6(17-4-3-9(15)16)1-2-8(7)18-10(12,13)14/h1-2,5H,3-4H2,(H2,15,16). The quantitative estimate of drug-likeness (QED) is 0.904. The third kappa shape index (κ3) is 5.26. The van der Waals surface area contributed by atoms with Crippen LogP contribution in [0.15, 0.2) is 22.7 Å². The molecule has 0 saturated carbocycles. The van der Waals surface area contributed by atoms with Crippen LogP contribution >= 0.6 is 15.9 Å². The molecule has 0 aliphatic carbocycles. The van der Waals surface area contributed by atoms with Gasteiger partial charge in [-0.15, -0.1) is 13.2 Å². The second-order valence-electron chi connectivity index (χ2n) is 3.20. The van der Waals surface area contributed by atoms with Crippen molar-refractivity contribution in [3.63, 3.8) is 0 Å². The van der Waals surface area contributed by atoms with Gasteiger partial charge in [-0.1, -0.05) is 0 Å². The zero-order valence-corrected chi connectivity index (χ0v) is 10.5. The summed E-state index contributed by atoms with van der Waals surface area (Å²) < 4.78 is 44.9. The molecule has 0 aliphatic heterocycles. The molecule has 0 heterocycles. The molecule has 1 rings (SSSR count). The summed E-state index contributed by atoms with van der Waals surface area (Å²) >= 11 is 2.92. The van der Waals surface area contributed by atoms with E-state index in [1.165, 1.54) is 12.1 Å². The highest BCUT2D eigenvalue weighted by molar-refractivity contribution is 9.10. The fourth-order valence-electron chi connectivity index (χ4n) is 1.05. The fraction of sp³-hybridized carbons (Fsp3) is 0.300. The van der Waals surface area contributed by atoms with Gasteiger partial charge in [0.05, 0.1) is 17.5 Å². The van der Waals surface area contributed by atoms with Crippen molar-refractivity contribution in [2.75, 3.05) is 6.61 Å². The van der Waals surface area contributed by atoms with Gasteiger partial charge in [0.2, 0.25) is 5.91 Å². The first-order valence-corrected chi connectivity index (χ1v) is 5.53. The van der Waals surface area contributed by atoms with E-state index in [1.807, 2.05) is 0 Å². The molecule has 0 spiro atoms. The molecule has 1 aromatic rings. The SMILES string of the molecule is NC(=O)CCOc1ccc(OC(F)(F)F)c(Br)c1. The first-order valence-electron chi connectivity index (χ1n) is 4.74. The molecule has 0 aliphatic rings. The topological polar surface area (TPSA) is 61.6 Å². The normalized spacial score (nSPS) is 11.1. The maximum absolute atomic E-state index is 12.0. The van der Waals surface area contributed by atoms with Crippen LogP contribution in [0.2, 0.25) is 0 Å². The van der Waals surface area contributed by atoms with Gasteiger partial charge in [0.1, 0.15) is 11.5 Å². The van der Waals surface area contributed by atoms with Gasteiger partial charge in [0.15, 0.2) is 0 Å². The Labute approximate surface area is 109 Å². The number of benzene rings is 1. The van der Waals surface area contributed by atoms with Gasteiger partial charge in [-0.05, 0) is 34.1 Å². The Hall–Kier alpha value is -1.44. The van der Waals surface area contributed by atoms with Crippen LogP contribution in [0.1, 0.15) is 6.42 Å². The number of hydrogen-bond acceptors (Lipinski definition) is 3. The summed E-state index contributed by atoms with van der Waals surface area (Å²) in [7, 11) is 0. The Morgan fingerprint density at radius 3 is 2.56 bits per heavy atom. The van der Waals surface area contributed by atoms with Crippen molar-refractivity contribution in [1.29, 1.82) is 0 Å². The van der Waals surface area contributed by atoms with E-state index in [0.717, 1.165) is 6.07 Å². The number of carbonyl (C=O) groups is 1. The van der Waals surface area contributed by atoms with Crippen molar-refractivity contribution in [1.82, 2.24) is 0 Å². The summed E-state index contributed by atoms with van der Waals surface area (Å²) in [4.78, 5) is 10.5. The van der Waals surface area contributed by atoms with Gasteiger partial charge < -0.3 is 15.2 Å². The van der Waals surface area contributed by atoms with E-state index in [9.17, 15) is 18.0 Å². The molecule has 2 N–H and O–H groups in total. The number of rotatable bonds is 5. The van der Waals surface area contributed by atoms with Crippen LogP contribution in [0.25, 0.3) is 0 Å². The van der Waals surface area contributed by atoms with Crippen LogP contribution in [0.3, 0.4) is 0 Å². The molecule has 0 aromatic heterocycles. The van der Waals surface area contributed by atoms with Gasteiger partial charge >= 0.3 is 6.36 Å². The summed E-state index contributed by atoms with van der Waals surface area (Å²) in [6, 6.07) is 3.71. The lowest BCUT2D eigenvalue weighted by Gasteiger charge is -2.11. The van der Waals surface area contributed by atoms with Crippen molar-refractivity contribution >= 4 is 21.8 Å². The molecular formula is C10H9BrF3NO3. The third-order valence-corrected chi connectivity index (χ3v) is 2.37. The molecule has 8 heteroatoms. The lowest BCUT2D eigenvalue weighted by Crippen LogP contribution is -2.17. The molecule has 1 amide bonds. The van der Waals surface area contributed by atoms with Crippen molar-refractivity contribution in [3.05, 3.63) is 22.7 Å². The first kappa shape index (κ1) is 14.6. The summed E-state index contributed by atoms with van der Waals surface area (Å²) in [6.45, 7) is 0.0568. The molecule has 100 valence electrons. The molecular weight excluding hydrogens is 319 g/mol. The zero-order valence-electron chi connectivity index (χ0n) is 8.96. The van der Waals surface area contributed by atoms with Gasteiger partial charge in [-0.3, -0.25) is 4.79 Å². The van der Waals surface area contributed by atoms with Crippen LogP contribution < -0.4 is 15.2 Å². The number of ether oxygens (including phenoxy) is 2. The molecule has 18 heavy (non-hydrogen) atoms. The maximum atomic E-state index is 12.0. The van der Waals surface area contributed by atoms with Crippen LogP contribution in [-0.2, 0) is 4.79 Å². The molecule has 0 unspecified atom stereocenters. The van der Waals surface area contributed by atoms with Crippen LogP contribution in [0.5, 0.6) is 11.5 Å². The Morgan fingerprint density at radius 1 is 1.39 bits per heavy atom. The highest BCUT2D eigenvalue weighted by Crippen LogP contribution is 2.33. The van der Waals surface area contributed by atoms with E-state index in [4.69, 9.17) is 10.5 Å². The van der Waals surface area contributed by atoms with Crippen molar-refractivity contribution in [2.45, 2.75) is 12.8 Å². The number of halogens is 4. The summed E-state index contributed by atoms with van der Waals surface area (Å²) in [5.74, 6) is -0.589. The lowest BCUT2D eigenvalue weighted by molar-refractivity contribution is -0.274. The number of nitrogens with two attached hydrogens (primary N) is 1. The monoisotopic (exact) mass is 327 g/mol. The number of alkyl halides is 3. The predicted molar refractivity (Wildman–Crippen MR) is 60.1 cm³/mol.